The highest BCUT2D eigenvalue weighted by atomic mass is 32.2. The normalized spacial score (nSPS) is 11.2. The van der Waals surface area contributed by atoms with Crippen molar-refractivity contribution in [3.63, 3.8) is 0 Å². The minimum Gasteiger partial charge on any atom is -0.322 e. The number of benzene rings is 2. The smallest absolute Gasteiger partial charge is 0.261 e. The summed E-state index contributed by atoms with van der Waals surface area (Å²) in [6.45, 7) is 1.52. The predicted molar refractivity (Wildman–Crippen MR) is 99.5 cm³/mol. The molecular formula is C19H15F2N3O3S. The van der Waals surface area contributed by atoms with E-state index in [1.807, 2.05) is 0 Å². The average Bonchev–Trinajstić information content (AvgIpc) is 2.68. The summed E-state index contributed by atoms with van der Waals surface area (Å²) in [5.74, 6) is -2.88. The fourth-order valence-electron chi connectivity index (χ4n) is 2.42. The standard InChI is InChI=1S/C19H15F2N3O3S/c1-2-28(26,27)17-11-10-16(23-24-17)12-6-8-13(9-7-12)22-19(25)18-14(20)4-3-5-15(18)21/h3-11H,2H2,1H3,(H,22,25). The van der Waals surface area contributed by atoms with E-state index in [0.717, 1.165) is 12.1 Å². The van der Waals surface area contributed by atoms with Gasteiger partial charge in [0.1, 0.15) is 17.2 Å². The molecule has 144 valence electrons. The molecule has 0 unspecified atom stereocenters. The SMILES string of the molecule is CCS(=O)(=O)c1ccc(-c2ccc(NC(=O)c3c(F)cccc3F)cc2)nn1. The highest BCUT2D eigenvalue weighted by molar-refractivity contribution is 7.91. The van der Waals surface area contributed by atoms with Crippen LogP contribution in [0.4, 0.5) is 14.5 Å². The number of carbonyl (C=O) groups excluding carboxylic acids is 1. The molecular weight excluding hydrogens is 388 g/mol. The van der Waals surface area contributed by atoms with Gasteiger partial charge in [0.15, 0.2) is 14.9 Å². The molecule has 0 aliphatic carbocycles. The van der Waals surface area contributed by atoms with Gasteiger partial charge in [-0.15, -0.1) is 10.2 Å². The molecule has 1 amide bonds. The molecule has 0 aliphatic heterocycles. The summed E-state index contributed by atoms with van der Waals surface area (Å²) < 4.78 is 50.9. The number of nitrogens with one attached hydrogen (secondary N) is 1. The number of carbonyl (C=O) groups is 1. The molecule has 0 spiro atoms. The molecule has 0 atom stereocenters. The number of hydrogen-bond donors (Lipinski definition) is 1. The van der Waals surface area contributed by atoms with Gasteiger partial charge < -0.3 is 5.32 Å². The van der Waals surface area contributed by atoms with Crippen LogP contribution in [0, 0.1) is 11.6 Å². The van der Waals surface area contributed by atoms with Crippen LogP contribution in [-0.2, 0) is 9.84 Å². The Kier molecular flexibility index (Phi) is 5.46. The van der Waals surface area contributed by atoms with Gasteiger partial charge in [-0.05, 0) is 36.4 Å². The van der Waals surface area contributed by atoms with E-state index in [1.54, 1.807) is 12.1 Å². The summed E-state index contributed by atoms with van der Waals surface area (Å²) in [6.07, 6.45) is 0. The first-order valence-electron chi connectivity index (χ1n) is 8.24. The van der Waals surface area contributed by atoms with Crippen molar-refractivity contribution < 1.29 is 22.0 Å². The molecule has 0 bridgehead atoms. The van der Waals surface area contributed by atoms with Gasteiger partial charge in [0.2, 0.25) is 0 Å². The number of amides is 1. The maximum Gasteiger partial charge on any atom is 0.261 e. The van der Waals surface area contributed by atoms with E-state index in [4.69, 9.17) is 0 Å². The maximum absolute atomic E-state index is 13.7. The molecule has 1 N–H and O–H groups in total. The fraction of sp³-hybridized carbons (Fsp3) is 0.105. The zero-order valence-electron chi connectivity index (χ0n) is 14.7. The van der Waals surface area contributed by atoms with Crippen molar-refractivity contribution in [2.45, 2.75) is 11.9 Å². The van der Waals surface area contributed by atoms with Crippen molar-refractivity contribution in [3.8, 4) is 11.3 Å². The van der Waals surface area contributed by atoms with Crippen LogP contribution in [0.1, 0.15) is 17.3 Å². The minimum atomic E-state index is -3.43. The molecule has 0 radical (unpaired) electrons. The second kappa shape index (κ2) is 7.81. The maximum atomic E-state index is 13.7. The Labute approximate surface area is 160 Å². The first-order valence-corrected chi connectivity index (χ1v) is 9.89. The van der Waals surface area contributed by atoms with Crippen LogP contribution in [0.5, 0.6) is 0 Å². The zero-order valence-corrected chi connectivity index (χ0v) is 15.5. The molecule has 3 aromatic rings. The van der Waals surface area contributed by atoms with Crippen LogP contribution in [0.3, 0.4) is 0 Å². The fourth-order valence-corrected chi connectivity index (χ4v) is 3.16. The van der Waals surface area contributed by atoms with Crippen LogP contribution in [-0.4, -0.2) is 30.3 Å². The summed E-state index contributed by atoms with van der Waals surface area (Å²) in [4.78, 5) is 12.1. The number of hydrogen-bond acceptors (Lipinski definition) is 5. The summed E-state index contributed by atoms with van der Waals surface area (Å²) in [6, 6.07) is 12.4. The van der Waals surface area contributed by atoms with Gasteiger partial charge in [-0.2, -0.15) is 0 Å². The van der Waals surface area contributed by atoms with Crippen molar-refractivity contribution in [2.24, 2.45) is 0 Å². The number of halogens is 2. The summed E-state index contributed by atoms with van der Waals surface area (Å²) in [5, 5.41) is 9.96. The van der Waals surface area contributed by atoms with E-state index in [2.05, 4.69) is 15.5 Å². The van der Waals surface area contributed by atoms with Gasteiger partial charge in [0.05, 0.1) is 11.4 Å². The topological polar surface area (TPSA) is 89.0 Å². The van der Waals surface area contributed by atoms with E-state index in [-0.39, 0.29) is 10.8 Å². The van der Waals surface area contributed by atoms with Gasteiger partial charge in [-0.1, -0.05) is 25.1 Å². The minimum absolute atomic E-state index is 0.0714. The molecule has 0 saturated heterocycles. The third-order valence-electron chi connectivity index (χ3n) is 3.97. The van der Waals surface area contributed by atoms with Gasteiger partial charge in [0.25, 0.3) is 5.91 Å². The van der Waals surface area contributed by atoms with E-state index >= 15 is 0 Å². The molecule has 1 aromatic heterocycles. The lowest BCUT2D eigenvalue weighted by Crippen LogP contribution is -2.15. The van der Waals surface area contributed by atoms with Crippen LogP contribution >= 0.6 is 0 Å². The number of nitrogens with zero attached hydrogens (tertiary/aromatic N) is 2. The quantitative estimate of drug-likeness (QED) is 0.705. The lowest BCUT2D eigenvalue weighted by molar-refractivity contribution is 0.101. The van der Waals surface area contributed by atoms with E-state index in [9.17, 15) is 22.0 Å². The Morgan fingerprint density at radius 2 is 1.61 bits per heavy atom. The first-order chi connectivity index (χ1) is 13.3. The molecule has 9 heteroatoms. The monoisotopic (exact) mass is 403 g/mol. The second-order valence-electron chi connectivity index (χ2n) is 5.79. The van der Waals surface area contributed by atoms with Crippen LogP contribution < -0.4 is 5.32 Å². The molecule has 2 aromatic carbocycles. The van der Waals surface area contributed by atoms with Gasteiger partial charge in [-0.3, -0.25) is 4.79 Å². The van der Waals surface area contributed by atoms with Crippen molar-refractivity contribution >= 4 is 21.4 Å². The number of sulfone groups is 1. The Bertz CT molecular complexity index is 1100. The highest BCUT2D eigenvalue weighted by Crippen LogP contribution is 2.21. The third kappa shape index (κ3) is 4.04. The van der Waals surface area contributed by atoms with Gasteiger partial charge >= 0.3 is 0 Å². The zero-order chi connectivity index (χ0) is 20.3. The number of anilines is 1. The number of aromatic nitrogens is 2. The van der Waals surface area contributed by atoms with Crippen LogP contribution in [0.15, 0.2) is 59.6 Å². The predicted octanol–water partition coefficient (Wildman–Crippen LogP) is 3.47. The van der Waals surface area contributed by atoms with Crippen LogP contribution in [0.25, 0.3) is 11.3 Å². The largest absolute Gasteiger partial charge is 0.322 e. The molecule has 0 fully saturated rings. The van der Waals surface area contributed by atoms with E-state index < -0.39 is 32.9 Å². The van der Waals surface area contributed by atoms with Gasteiger partial charge in [-0.25, -0.2) is 17.2 Å². The summed E-state index contributed by atoms with van der Waals surface area (Å²) in [5.41, 5.74) is 0.732. The Morgan fingerprint density at radius 3 is 2.14 bits per heavy atom. The van der Waals surface area contributed by atoms with Crippen LogP contribution in [0.2, 0.25) is 0 Å². The van der Waals surface area contributed by atoms with E-state index in [1.165, 1.54) is 37.3 Å². The molecule has 0 aliphatic rings. The lowest BCUT2D eigenvalue weighted by atomic mass is 10.1. The Hall–Kier alpha value is -3.20. The molecule has 28 heavy (non-hydrogen) atoms. The third-order valence-corrected chi connectivity index (χ3v) is 5.58. The summed E-state index contributed by atoms with van der Waals surface area (Å²) >= 11 is 0. The van der Waals surface area contributed by atoms with Crippen molar-refractivity contribution in [1.29, 1.82) is 0 Å². The van der Waals surface area contributed by atoms with Crippen molar-refractivity contribution in [3.05, 3.63) is 71.8 Å². The molecule has 6 nitrogen and oxygen atoms in total. The second-order valence-corrected chi connectivity index (χ2v) is 8.01. The van der Waals surface area contributed by atoms with Crippen molar-refractivity contribution in [1.82, 2.24) is 10.2 Å². The Morgan fingerprint density at radius 1 is 0.964 bits per heavy atom. The first kappa shape index (κ1) is 19.6. The lowest BCUT2D eigenvalue weighted by Gasteiger charge is -2.08. The molecule has 3 rings (SSSR count). The van der Waals surface area contributed by atoms with Gasteiger partial charge in [0, 0.05) is 11.3 Å². The number of rotatable bonds is 5. The molecule has 1 heterocycles. The average molecular weight is 403 g/mol. The highest BCUT2D eigenvalue weighted by Gasteiger charge is 2.17. The van der Waals surface area contributed by atoms with E-state index in [0.29, 0.717) is 16.9 Å². The van der Waals surface area contributed by atoms with Crippen molar-refractivity contribution in [2.75, 3.05) is 11.1 Å². The Balaban J connectivity index is 1.78. The molecule has 0 saturated carbocycles. The summed E-state index contributed by atoms with van der Waals surface area (Å²) in [7, 11) is -3.43.